The molecule has 1 fully saturated rings. The molecule has 0 spiro atoms. The highest BCUT2D eigenvalue weighted by atomic mass is 19.1. The maximum atomic E-state index is 13.1. The van der Waals surface area contributed by atoms with E-state index in [4.69, 9.17) is 4.74 Å². The monoisotopic (exact) mass is 237 g/mol. The lowest BCUT2D eigenvalue weighted by Crippen LogP contribution is -2.36. The third-order valence-corrected chi connectivity index (χ3v) is 3.45. The molecular formula is C14H20FNO. The Morgan fingerprint density at radius 3 is 3.06 bits per heavy atom. The van der Waals surface area contributed by atoms with Crippen molar-refractivity contribution in [2.24, 2.45) is 0 Å². The minimum Gasteiger partial charge on any atom is -0.377 e. The number of nitrogens with one attached hydrogen (secondary N) is 1. The van der Waals surface area contributed by atoms with Gasteiger partial charge in [-0.1, -0.05) is 6.07 Å². The minimum absolute atomic E-state index is 0.169. The molecule has 3 heteroatoms. The van der Waals surface area contributed by atoms with E-state index in [1.165, 1.54) is 6.07 Å². The summed E-state index contributed by atoms with van der Waals surface area (Å²) < 4.78 is 18.7. The minimum atomic E-state index is -0.169. The van der Waals surface area contributed by atoms with E-state index >= 15 is 0 Å². The second-order valence-electron chi connectivity index (χ2n) is 4.79. The van der Waals surface area contributed by atoms with Crippen LogP contribution in [0.2, 0.25) is 0 Å². The molecule has 1 aliphatic rings. The summed E-state index contributed by atoms with van der Waals surface area (Å²) in [5.41, 5.74) is 2.15. The normalized spacial score (nSPS) is 21.7. The molecule has 2 rings (SSSR count). The predicted octanol–water partition coefficient (Wildman–Crippen LogP) is 2.79. The number of ether oxygens (including phenoxy) is 1. The van der Waals surface area contributed by atoms with Crippen molar-refractivity contribution >= 4 is 0 Å². The average molecular weight is 237 g/mol. The van der Waals surface area contributed by atoms with E-state index in [0.29, 0.717) is 18.7 Å². The molecule has 17 heavy (non-hydrogen) atoms. The van der Waals surface area contributed by atoms with Crippen LogP contribution in [0.5, 0.6) is 0 Å². The van der Waals surface area contributed by atoms with Gasteiger partial charge < -0.3 is 10.1 Å². The number of benzene rings is 1. The molecule has 1 aliphatic heterocycles. The van der Waals surface area contributed by atoms with Gasteiger partial charge in [0.1, 0.15) is 5.82 Å². The molecule has 0 saturated carbocycles. The van der Waals surface area contributed by atoms with E-state index in [-0.39, 0.29) is 5.82 Å². The van der Waals surface area contributed by atoms with Crippen LogP contribution in [0.25, 0.3) is 0 Å². The van der Waals surface area contributed by atoms with Crippen LogP contribution in [-0.2, 0) is 11.3 Å². The highest BCUT2D eigenvalue weighted by molar-refractivity contribution is 5.26. The Morgan fingerprint density at radius 2 is 2.35 bits per heavy atom. The zero-order valence-corrected chi connectivity index (χ0v) is 10.5. The summed E-state index contributed by atoms with van der Waals surface area (Å²) in [6.07, 6.45) is 2.58. The van der Waals surface area contributed by atoms with Crippen molar-refractivity contribution in [2.75, 3.05) is 6.61 Å². The molecule has 1 N–H and O–H groups in total. The summed E-state index contributed by atoms with van der Waals surface area (Å²) in [5.74, 6) is -0.169. The van der Waals surface area contributed by atoms with Crippen molar-refractivity contribution in [2.45, 2.75) is 45.4 Å². The molecule has 94 valence electrons. The van der Waals surface area contributed by atoms with Crippen LogP contribution in [0.15, 0.2) is 18.2 Å². The zero-order chi connectivity index (χ0) is 12.3. The van der Waals surface area contributed by atoms with E-state index < -0.39 is 0 Å². The molecule has 0 aromatic heterocycles. The lowest BCUT2D eigenvalue weighted by molar-refractivity contribution is 0.0832. The molecule has 0 bridgehead atoms. The molecule has 0 aliphatic carbocycles. The first-order valence-corrected chi connectivity index (χ1v) is 6.27. The topological polar surface area (TPSA) is 21.3 Å². The van der Waals surface area contributed by atoms with Crippen molar-refractivity contribution in [3.05, 3.63) is 35.1 Å². The standard InChI is InChI=1S/C14H20FNO/c1-10-5-6-13(15)8-12(10)9-16-11(2)14-4-3-7-17-14/h5-6,8,11,14,16H,3-4,7,9H2,1-2H3. The number of rotatable bonds is 4. The van der Waals surface area contributed by atoms with E-state index in [2.05, 4.69) is 12.2 Å². The summed E-state index contributed by atoms with van der Waals surface area (Å²) in [7, 11) is 0. The van der Waals surface area contributed by atoms with Crippen LogP contribution in [0, 0.1) is 12.7 Å². The maximum absolute atomic E-state index is 13.1. The van der Waals surface area contributed by atoms with Gasteiger partial charge in [-0.3, -0.25) is 0 Å². The average Bonchev–Trinajstić information content (AvgIpc) is 2.83. The lowest BCUT2D eigenvalue weighted by Gasteiger charge is -2.20. The molecular weight excluding hydrogens is 217 g/mol. The Labute approximate surface area is 102 Å². The Hall–Kier alpha value is -0.930. The first-order chi connectivity index (χ1) is 8.16. The van der Waals surface area contributed by atoms with Gasteiger partial charge in [-0.25, -0.2) is 4.39 Å². The second-order valence-corrected chi connectivity index (χ2v) is 4.79. The maximum Gasteiger partial charge on any atom is 0.123 e. The Bertz CT molecular complexity index is 374. The molecule has 0 amide bonds. The van der Waals surface area contributed by atoms with E-state index in [1.54, 1.807) is 6.07 Å². The summed E-state index contributed by atoms with van der Waals surface area (Å²) in [4.78, 5) is 0. The van der Waals surface area contributed by atoms with Gasteiger partial charge in [0.15, 0.2) is 0 Å². The van der Waals surface area contributed by atoms with Crippen LogP contribution >= 0.6 is 0 Å². The summed E-state index contributed by atoms with van der Waals surface area (Å²) >= 11 is 0. The largest absolute Gasteiger partial charge is 0.377 e. The number of aryl methyl sites for hydroxylation is 1. The van der Waals surface area contributed by atoms with Crippen molar-refractivity contribution in [1.82, 2.24) is 5.32 Å². The fourth-order valence-corrected chi connectivity index (χ4v) is 2.23. The lowest BCUT2D eigenvalue weighted by atomic mass is 10.1. The van der Waals surface area contributed by atoms with Gasteiger partial charge in [0, 0.05) is 19.2 Å². The van der Waals surface area contributed by atoms with Crippen LogP contribution in [0.3, 0.4) is 0 Å². The van der Waals surface area contributed by atoms with E-state index in [1.807, 2.05) is 13.0 Å². The number of hydrogen-bond donors (Lipinski definition) is 1. The van der Waals surface area contributed by atoms with Gasteiger partial charge in [-0.2, -0.15) is 0 Å². The van der Waals surface area contributed by atoms with Gasteiger partial charge >= 0.3 is 0 Å². The van der Waals surface area contributed by atoms with Crippen LogP contribution < -0.4 is 5.32 Å². The molecule has 1 aromatic carbocycles. The fraction of sp³-hybridized carbons (Fsp3) is 0.571. The summed E-state index contributed by atoms with van der Waals surface area (Å²) in [6.45, 7) is 5.71. The molecule has 0 radical (unpaired) electrons. The molecule has 1 heterocycles. The molecule has 2 atom stereocenters. The van der Waals surface area contributed by atoms with Crippen LogP contribution in [0.4, 0.5) is 4.39 Å². The SMILES string of the molecule is Cc1ccc(F)cc1CNC(C)C1CCCO1. The fourth-order valence-electron chi connectivity index (χ4n) is 2.23. The summed E-state index contributed by atoms with van der Waals surface area (Å²) in [5, 5.41) is 3.42. The van der Waals surface area contributed by atoms with Gasteiger partial charge in [0.2, 0.25) is 0 Å². The van der Waals surface area contributed by atoms with Gasteiger partial charge in [0.25, 0.3) is 0 Å². The third kappa shape index (κ3) is 3.27. The van der Waals surface area contributed by atoms with E-state index in [9.17, 15) is 4.39 Å². The van der Waals surface area contributed by atoms with Crippen molar-refractivity contribution in [3.63, 3.8) is 0 Å². The first kappa shape index (κ1) is 12.5. The highest BCUT2D eigenvalue weighted by Crippen LogP contribution is 2.16. The predicted molar refractivity (Wildman–Crippen MR) is 66.4 cm³/mol. The molecule has 2 unspecified atom stereocenters. The van der Waals surface area contributed by atoms with Gasteiger partial charge in [-0.05, 0) is 49.9 Å². The zero-order valence-electron chi connectivity index (χ0n) is 10.5. The molecule has 2 nitrogen and oxygen atoms in total. The Balaban J connectivity index is 1.90. The third-order valence-electron chi connectivity index (χ3n) is 3.45. The van der Waals surface area contributed by atoms with Gasteiger partial charge in [0.05, 0.1) is 6.10 Å². The molecule has 1 saturated heterocycles. The van der Waals surface area contributed by atoms with Crippen molar-refractivity contribution in [1.29, 1.82) is 0 Å². The smallest absolute Gasteiger partial charge is 0.123 e. The number of hydrogen-bond acceptors (Lipinski definition) is 2. The Morgan fingerprint density at radius 1 is 1.53 bits per heavy atom. The Kier molecular flexibility index (Phi) is 4.13. The van der Waals surface area contributed by atoms with Crippen molar-refractivity contribution < 1.29 is 9.13 Å². The summed E-state index contributed by atoms with van der Waals surface area (Å²) in [6, 6.07) is 5.25. The molecule has 1 aromatic rings. The second kappa shape index (κ2) is 5.61. The van der Waals surface area contributed by atoms with Crippen LogP contribution in [0.1, 0.15) is 30.9 Å². The highest BCUT2D eigenvalue weighted by Gasteiger charge is 2.21. The number of halogens is 1. The first-order valence-electron chi connectivity index (χ1n) is 6.27. The van der Waals surface area contributed by atoms with Crippen molar-refractivity contribution in [3.8, 4) is 0 Å². The quantitative estimate of drug-likeness (QED) is 0.869. The van der Waals surface area contributed by atoms with E-state index in [0.717, 1.165) is 30.6 Å². The van der Waals surface area contributed by atoms with Crippen LogP contribution in [-0.4, -0.2) is 18.8 Å². The van der Waals surface area contributed by atoms with Gasteiger partial charge in [-0.15, -0.1) is 0 Å².